The number of hydrogen-bond donors (Lipinski definition) is 3. The summed E-state index contributed by atoms with van der Waals surface area (Å²) in [6.45, 7) is 14.7. The van der Waals surface area contributed by atoms with E-state index in [2.05, 4.69) is 56.0 Å². The first-order valence-corrected chi connectivity index (χ1v) is 27.3. The van der Waals surface area contributed by atoms with E-state index in [9.17, 15) is 34.5 Å². The first kappa shape index (κ1) is 57.3. The number of nitrogens with zero attached hydrogens (tertiary/aromatic N) is 2. The molecule has 3 N–H and O–H groups in total. The van der Waals surface area contributed by atoms with Gasteiger partial charge >= 0.3 is 5.97 Å². The van der Waals surface area contributed by atoms with Crippen molar-refractivity contribution in [1.29, 1.82) is 0 Å². The molecule has 72 heavy (non-hydrogen) atoms. The lowest BCUT2D eigenvalue weighted by molar-refractivity contribution is -0.263. The minimum Gasteiger partial charge on any atom is -0.461 e. The van der Waals surface area contributed by atoms with Gasteiger partial charge in [0.2, 0.25) is 5.79 Å². The van der Waals surface area contributed by atoms with E-state index in [1.807, 2.05) is 51.1 Å². The highest BCUT2D eigenvalue weighted by molar-refractivity contribution is 6.39. The number of amides is 1. The lowest BCUT2D eigenvalue weighted by atomic mass is 9.78. The topological polar surface area (TPSA) is 172 Å². The number of fused-ring (bicyclic) bond motifs is 4. The number of esters is 1. The number of anilines is 1. The molecular weight excluding hydrogens is 913 g/mol. The van der Waals surface area contributed by atoms with E-state index in [1.165, 1.54) is 17.6 Å². The van der Waals surface area contributed by atoms with Crippen molar-refractivity contribution in [3.05, 3.63) is 77.4 Å². The quantitative estimate of drug-likeness (QED) is 0.141. The lowest BCUT2D eigenvalue weighted by Gasteiger charge is -2.45. The zero-order valence-electron chi connectivity index (χ0n) is 44.9. The van der Waals surface area contributed by atoms with Crippen LogP contribution in [0.5, 0.6) is 0 Å². The molecule has 13 nitrogen and oxygen atoms in total. The number of carbonyl (C=O) groups excluding carboxylic acids is 4. The number of para-hydroxylation sites is 1. The number of piperidine rings is 1. The molecule has 0 unspecified atom stereocenters. The second-order valence-corrected chi connectivity index (χ2v) is 22.4. The van der Waals surface area contributed by atoms with E-state index >= 15 is 0 Å². The van der Waals surface area contributed by atoms with Crippen molar-refractivity contribution in [3.63, 3.8) is 0 Å². The van der Waals surface area contributed by atoms with Gasteiger partial charge in [0.1, 0.15) is 24.4 Å². The predicted octanol–water partition coefficient (Wildman–Crippen LogP) is 8.81. The SMILES string of the molecule is CO[C@@H]1C[C@@H](C[C@@H](C)[C@@H]2CC[C@H](C)/C=C(\C)[C@@H](O)[C@@H](OC)C(=O)[C@H](C)C[C@H](C)/C=C/C=C/C=C(\C)[C@H](N3CCCc4ccccc43)C[C@@H]3CC[C@@H](C)[C@@](O)(O3)C(=O)C(=O)N3CCCC[C@H]3C(=O)O2)CC[C@H]1O. The van der Waals surface area contributed by atoms with Crippen LogP contribution in [0.15, 0.2) is 71.9 Å². The molecule has 5 aliphatic rings. The van der Waals surface area contributed by atoms with Crippen molar-refractivity contribution < 1.29 is 53.4 Å². The second kappa shape index (κ2) is 26.5. The maximum atomic E-state index is 14.6. The van der Waals surface area contributed by atoms with Gasteiger partial charge in [-0.2, -0.15) is 0 Å². The van der Waals surface area contributed by atoms with Crippen LogP contribution in [0.4, 0.5) is 5.69 Å². The van der Waals surface area contributed by atoms with Gasteiger partial charge in [-0.3, -0.25) is 14.4 Å². The third kappa shape index (κ3) is 14.2. The molecule has 4 heterocycles. The number of carbonyl (C=O) groups is 4. The lowest BCUT2D eigenvalue weighted by Crippen LogP contribution is -2.61. The van der Waals surface area contributed by atoms with Gasteiger partial charge in [-0.15, -0.1) is 0 Å². The van der Waals surface area contributed by atoms with Gasteiger partial charge in [0, 0.05) is 44.8 Å². The Kier molecular flexibility index (Phi) is 21.1. The molecule has 4 aliphatic heterocycles. The van der Waals surface area contributed by atoms with Gasteiger partial charge < -0.3 is 44.1 Å². The smallest absolute Gasteiger partial charge is 0.329 e. The van der Waals surface area contributed by atoms with Crippen LogP contribution in [0.1, 0.15) is 144 Å². The van der Waals surface area contributed by atoms with E-state index in [1.54, 1.807) is 14.0 Å². The van der Waals surface area contributed by atoms with Crippen molar-refractivity contribution in [3.8, 4) is 0 Å². The van der Waals surface area contributed by atoms with E-state index in [0.29, 0.717) is 76.2 Å². The fourth-order valence-electron chi connectivity index (χ4n) is 12.3. The Morgan fingerprint density at radius 2 is 1.53 bits per heavy atom. The summed E-state index contributed by atoms with van der Waals surface area (Å²) in [7, 11) is 3.07. The van der Waals surface area contributed by atoms with Gasteiger partial charge in [0.05, 0.1) is 24.4 Å². The number of aryl methyl sites for hydroxylation is 1. The molecule has 2 bridgehead atoms. The Bertz CT molecular complexity index is 2120. The average molecular weight is 1000 g/mol. The zero-order chi connectivity index (χ0) is 52.3. The van der Waals surface area contributed by atoms with Crippen molar-refractivity contribution in [2.75, 3.05) is 32.2 Å². The normalized spacial score (nSPS) is 38.5. The molecule has 1 aromatic carbocycles. The van der Waals surface area contributed by atoms with Crippen LogP contribution in [0.2, 0.25) is 0 Å². The van der Waals surface area contributed by atoms with Gasteiger partial charge in [-0.25, -0.2) is 4.79 Å². The maximum Gasteiger partial charge on any atom is 0.329 e. The fourth-order valence-corrected chi connectivity index (χ4v) is 12.3. The Morgan fingerprint density at radius 3 is 2.28 bits per heavy atom. The minimum absolute atomic E-state index is 0.0640. The fraction of sp³-hybridized carbons (Fsp3) is 0.695. The second-order valence-electron chi connectivity index (χ2n) is 22.4. The number of hydrogen-bond acceptors (Lipinski definition) is 12. The molecule has 0 radical (unpaired) electrons. The highest BCUT2D eigenvalue weighted by atomic mass is 16.6. The predicted molar refractivity (Wildman–Crippen MR) is 280 cm³/mol. The van der Waals surface area contributed by atoms with Gasteiger partial charge in [-0.05, 0) is 151 Å². The number of cyclic esters (lactones) is 1. The summed E-state index contributed by atoms with van der Waals surface area (Å²) in [6.07, 6.45) is 17.5. The molecule has 6 rings (SSSR count). The molecule has 13 heteroatoms. The molecule has 400 valence electrons. The van der Waals surface area contributed by atoms with Crippen LogP contribution >= 0.6 is 0 Å². The Labute approximate surface area is 430 Å². The molecule has 15 atom stereocenters. The zero-order valence-corrected chi connectivity index (χ0v) is 44.9. The number of aliphatic hydroxyl groups excluding tert-OH is 2. The summed E-state index contributed by atoms with van der Waals surface area (Å²) in [5, 5.41) is 34.5. The summed E-state index contributed by atoms with van der Waals surface area (Å²) >= 11 is 0. The van der Waals surface area contributed by atoms with Crippen molar-refractivity contribution in [1.82, 2.24) is 4.90 Å². The standard InChI is InChI=1S/C59H88N2O11/c1-37-18-11-10-12-19-39(3)49(60-31-17-21-45-20-13-14-22-47(45)60)36-46-27-25-43(7)59(68,72-46)56(65)57(66)61-30-16-15-23-48(61)58(67)71-51(40(4)34-44-26-28-50(62)52(35-44)69-8)29-24-38(2)33-42(6)54(64)55(70-9)53(63)41(5)32-37/h10-14,18-20,22,33,37-38,40-41,43-44,46,48-52,54-55,62,64,68H,15-17,21,23-32,34-36H2,1-9H3/b12-10+,18-11+,39-19+,42-33+/t37-,38+,40-,41-,43-,44-,46+,48+,49-,50-,51+,52-,54-,55+,59-/m1/s1. The van der Waals surface area contributed by atoms with Gasteiger partial charge in [0.25, 0.3) is 11.7 Å². The largest absolute Gasteiger partial charge is 0.461 e. The van der Waals surface area contributed by atoms with Crippen LogP contribution in [-0.2, 0) is 44.5 Å². The third-order valence-corrected chi connectivity index (χ3v) is 16.8. The number of benzene rings is 1. The molecule has 1 amide bonds. The summed E-state index contributed by atoms with van der Waals surface area (Å²) in [5.41, 5.74) is 4.10. The molecule has 1 saturated carbocycles. The third-order valence-electron chi connectivity index (χ3n) is 16.8. The first-order chi connectivity index (χ1) is 34.4. The Balaban J connectivity index is 1.33. The molecule has 0 spiro atoms. The van der Waals surface area contributed by atoms with Crippen molar-refractivity contribution in [2.45, 2.75) is 199 Å². The van der Waals surface area contributed by atoms with Crippen molar-refractivity contribution >= 4 is 29.1 Å². The number of Topliss-reactive ketones (excluding diaryl/α,β-unsaturated/α-hetero) is 2. The molecule has 3 fully saturated rings. The first-order valence-electron chi connectivity index (χ1n) is 27.3. The summed E-state index contributed by atoms with van der Waals surface area (Å²) in [5.74, 6) is -6.04. The van der Waals surface area contributed by atoms with E-state index in [-0.39, 0.29) is 54.1 Å². The highest BCUT2D eigenvalue weighted by Gasteiger charge is 2.53. The van der Waals surface area contributed by atoms with Crippen LogP contribution in [-0.4, -0.2) is 125 Å². The Morgan fingerprint density at radius 1 is 0.778 bits per heavy atom. The Hall–Kier alpha value is -3.98. The number of allylic oxidation sites excluding steroid dienone is 6. The van der Waals surface area contributed by atoms with Crippen LogP contribution in [0, 0.1) is 35.5 Å². The van der Waals surface area contributed by atoms with E-state index in [4.69, 9.17) is 18.9 Å². The van der Waals surface area contributed by atoms with Crippen molar-refractivity contribution in [2.24, 2.45) is 35.5 Å². The molecule has 0 aromatic heterocycles. The van der Waals surface area contributed by atoms with Crippen LogP contribution in [0.25, 0.3) is 0 Å². The average Bonchev–Trinajstić information content (AvgIpc) is 3.37. The number of aliphatic hydroxyl groups is 3. The monoisotopic (exact) mass is 1000 g/mol. The number of rotatable bonds is 6. The number of methoxy groups -OCH3 is 2. The van der Waals surface area contributed by atoms with Gasteiger partial charge in [0.15, 0.2) is 5.78 Å². The van der Waals surface area contributed by atoms with Gasteiger partial charge in [-0.1, -0.05) is 94.8 Å². The minimum atomic E-state index is -2.39. The molecule has 1 aliphatic carbocycles. The molecular formula is C59H88N2O11. The van der Waals surface area contributed by atoms with Crippen LogP contribution in [0.3, 0.4) is 0 Å². The van der Waals surface area contributed by atoms with E-state index in [0.717, 1.165) is 43.5 Å². The van der Waals surface area contributed by atoms with E-state index < -0.39 is 65.9 Å². The molecule has 1 aromatic rings. The maximum absolute atomic E-state index is 14.6. The summed E-state index contributed by atoms with van der Waals surface area (Å²) < 4.78 is 24.3. The van der Waals surface area contributed by atoms with Crippen LogP contribution < -0.4 is 4.90 Å². The number of ketones is 2. The molecule has 2 saturated heterocycles. The highest BCUT2D eigenvalue weighted by Crippen LogP contribution is 2.40. The number of ether oxygens (including phenoxy) is 4. The summed E-state index contributed by atoms with van der Waals surface area (Å²) in [6, 6.07) is 7.25. The summed E-state index contributed by atoms with van der Waals surface area (Å²) in [4.78, 5) is 61.4.